The fourth-order valence-corrected chi connectivity index (χ4v) is 3.03. The molecule has 0 saturated carbocycles. The number of hydrogen-bond donors (Lipinski definition) is 1. The van der Waals surface area contributed by atoms with Crippen LogP contribution in [0, 0.1) is 0 Å². The van der Waals surface area contributed by atoms with E-state index in [2.05, 4.69) is 21.7 Å². The highest BCUT2D eigenvalue weighted by Crippen LogP contribution is 2.14. The van der Waals surface area contributed by atoms with E-state index in [1.54, 1.807) is 0 Å². The van der Waals surface area contributed by atoms with Crippen molar-refractivity contribution in [3.63, 3.8) is 0 Å². The van der Waals surface area contributed by atoms with Crippen LogP contribution in [-0.2, 0) is 0 Å². The van der Waals surface area contributed by atoms with Gasteiger partial charge >= 0.3 is 0 Å². The van der Waals surface area contributed by atoms with Gasteiger partial charge in [0.2, 0.25) is 0 Å². The Hall–Kier alpha value is -0.0400. The topological polar surface area (TPSA) is 44.9 Å². The maximum absolute atomic E-state index is 6.11. The molecule has 1 atom stereocenters. The molecule has 0 radical (unpaired) electrons. The Morgan fingerprint density at radius 2 is 1.63 bits per heavy atom. The second-order valence-electron chi connectivity index (χ2n) is 5.55. The fourth-order valence-electron chi connectivity index (χ4n) is 3.03. The number of rotatable bonds is 4. The van der Waals surface area contributed by atoms with E-state index in [1.807, 2.05) is 0 Å². The quantitative estimate of drug-likeness (QED) is 0.463. The third-order valence-corrected chi connectivity index (χ3v) is 4.27. The Morgan fingerprint density at radius 1 is 1.05 bits per heavy atom. The van der Waals surface area contributed by atoms with Gasteiger partial charge in [-0.2, -0.15) is 0 Å². The number of guanidine groups is 1. The van der Waals surface area contributed by atoms with E-state index >= 15 is 0 Å². The first-order valence-electron chi connectivity index (χ1n) is 7.60. The van der Waals surface area contributed by atoms with Crippen LogP contribution in [0.4, 0.5) is 0 Å². The molecule has 0 aliphatic carbocycles. The van der Waals surface area contributed by atoms with Crippen molar-refractivity contribution < 1.29 is 0 Å². The average molecular weight is 380 g/mol. The number of nitrogens with two attached hydrogens (primary N) is 1. The van der Waals surface area contributed by atoms with Gasteiger partial charge in [-0.15, -0.1) is 24.0 Å². The van der Waals surface area contributed by atoms with Crippen LogP contribution < -0.4 is 5.73 Å². The SMILES string of the molecule is CCC(CN=C(N)N1CCCCC1)N1CCCC1.I. The first-order chi connectivity index (χ1) is 8.81. The van der Waals surface area contributed by atoms with Gasteiger partial charge in [0.05, 0.1) is 6.54 Å². The minimum Gasteiger partial charge on any atom is -0.370 e. The second-order valence-corrected chi connectivity index (χ2v) is 5.55. The molecule has 5 heteroatoms. The summed E-state index contributed by atoms with van der Waals surface area (Å²) in [5, 5.41) is 0. The first-order valence-corrected chi connectivity index (χ1v) is 7.60. The Labute approximate surface area is 134 Å². The molecule has 2 saturated heterocycles. The van der Waals surface area contributed by atoms with E-state index < -0.39 is 0 Å². The number of halogens is 1. The van der Waals surface area contributed by atoms with Gasteiger partial charge in [-0.25, -0.2) is 0 Å². The molecule has 1 unspecified atom stereocenters. The Morgan fingerprint density at radius 3 is 2.21 bits per heavy atom. The second kappa shape index (κ2) is 9.00. The summed E-state index contributed by atoms with van der Waals surface area (Å²) in [6, 6.07) is 0.593. The summed E-state index contributed by atoms with van der Waals surface area (Å²) in [6.07, 6.45) is 7.74. The van der Waals surface area contributed by atoms with Crippen molar-refractivity contribution in [1.82, 2.24) is 9.80 Å². The van der Waals surface area contributed by atoms with Gasteiger partial charge in [-0.05, 0) is 51.6 Å². The minimum absolute atomic E-state index is 0. The van der Waals surface area contributed by atoms with Crippen molar-refractivity contribution in [3.05, 3.63) is 0 Å². The molecule has 112 valence electrons. The third kappa shape index (κ3) is 5.10. The summed E-state index contributed by atoms with van der Waals surface area (Å²) in [4.78, 5) is 9.47. The lowest BCUT2D eigenvalue weighted by atomic mass is 10.1. The zero-order chi connectivity index (χ0) is 12.8. The van der Waals surface area contributed by atoms with Crippen molar-refractivity contribution in [2.45, 2.75) is 51.5 Å². The molecule has 0 amide bonds. The van der Waals surface area contributed by atoms with Crippen LogP contribution in [0.2, 0.25) is 0 Å². The summed E-state index contributed by atoms with van der Waals surface area (Å²) in [5.41, 5.74) is 6.11. The van der Waals surface area contributed by atoms with E-state index in [9.17, 15) is 0 Å². The Bertz CT molecular complexity index is 271. The van der Waals surface area contributed by atoms with Crippen LogP contribution in [0.3, 0.4) is 0 Å². The van der Waals surface area contributed by atoms with Crippen LogP contribution in [0.25, 0.3) is 0 Å². The first kappa shape index (κ1) is 17.0. The molecule has 2 N–H and O–H groups in total. The molecular weight excluding hydrogens is 351 g/mol. The Balaban J connectivity index is 0.00000180. The van der Waals surface area contributed by atoms with Crippen molar-refractivity contribution in [2.24, 2.45) is 10.7 Å². The van der Waals surface area contributed by atoms with E-state index in [0.29, 0.717) is 6.04 Å². The summed E-state index contributed by atoms with van der Waals surface area (Å²) >= 11 is 0. The lowest BCUT2D eigenvalue weighted by Crippen LogP contribution is -2.42. The number of aliphatic imine (C=N–C) groups is 1. The van der Waals surface area contributed by atoms with E-state index in [0.717, 1.165) is 25.6 Å². The standard InChI is InChI=1S/C14H28N4.HI/c1-2-13(17-8-6-7-9-17)12-16-14(15)18-10-4-3-5-11-18;/h13H,2-12H2,1H3,(H2,15,16);1H. The monoisotopic (exact) mass is 380 g/mol. The summed E-state index contributed by atoms with van der Waals surface area (Å²) in [7, 11) is 0. The molecular formula is C14H29IN4. The Kier molecular flexibility index (Phi) is 8.06. The van der Waals surface area contributed by atoms with Gasteiger partial charge in [-0.3, -0.25) is 9.89 Å². The minimum atomic E-state index is 0. The lowest BCUT2D eigenvalue weighted by molar-refractivity contribution is 0.241. The van der Waals surface area contributed by atoms with Crippen molar-refractivity contribution in [1.29, 1.82) is 0 Å². The zero-order valence-corrected chi connectivity index (χ0v) is 14.5. The van der Waals surface area contributed by atoms with Gasteiger partial charge in [0.15, 0.2) is 5.96 Å². The average Bonchev–Trinajstić information content (AvgIpc) is 2.94. The van der Waals surface area contributed by atoms with Crippen LogP contribution >= 0.6 is 24.0 Å². The molecule has 0 aromatic carbocycles. The highest BCUT2D eigenvalue weighted by Gasteiger charge is 2.20. The number of hydrogen-bond acceptors (Lipinski definition) is 2. The third-order valence-electron chi connectivity index (χ3n) is 4.27. The molecule has 2 heterocycles. The molecule has 0 aromatic heterocycles. The summed E-state index contributed by atoms with van der Waals surface area (Å²) < 4.78 is 0. The maximum atomic E-state index is 6.11. The van der Waals surface area contributed by atoms with Crippen molar-refractivity contribution in [2.75, 3.05) is 32.7 Å². The van der Waals surface area contributed by atoms with E-state index in [-0.39, 0.29) is 24.0 Å². The molecule has 2 aliphatic rings. The molecule has 0 bridgehead atoms. The van der Waals surface area contributed by atoms with Gasteiger partial charge in [-0.1, -0.05) is 6.92 Å². The maximum Gasteiger partial charge on any atom is 0.191 e. The van der Waals surface area contributed by atoms with Crippen molar-refractivity contribution >= 4 is 29.9 Å². The molecule has 2 fully saturated rings. The normalized spacial score (nSPS) is 23.2. The van der Waals surface area contributed by atoms with Gasteiger partial charge in [0, 0.05) is 19.1 Å². The number of likely N-dealkylation sites (tertiary alicyclic amines) is 2. The predicted molar refractivity (Wildman–Crippen MR) is 92.2 cm³/mol. The van der Waals surface area contributed by atoms with Crippen LogP contribution in [0.15, 0.2) is 4.99 Å². The van der Waals surface area contributed by atoms with E-state index in [4.69, 9.17) is 5.73 Å². The fraction of sp³-hybridized carbons (Fsp3) is 0.929. The number of nitrogens with zero attached hydrogens (tertiary/aromatic N) is 3. The van der Waals surface area contributed by atoms with Crippen LogP contribution in [-0.4, -0.2) is 54.5 Å². The summed E-state index contributed by atoms with van der Waals surface area (Å²) in [6.45, 7) is 7.81. The van der Waals surface area contributed by atoms with Crippen LogP contribution in [0.1, 0.15) is 45.4 Å². The zero-order valence-electron chi connectivity index (χ0n) is 12.2. The highest BCUT2D eigenvalue weighted by atomic mass is 127. The molecule has 2 rings (SSSR count). The molecule has 0 aromatic rings. The predicted octanol–water partition coefficient (Wildman–Crippen LogP) is 2.28. The van der Waals surface area contributed by atoms with Gasteiger partial charge < -0.3 is 10.6 Å². The smallest absolute Gasteiger partial charge is 0.191 e. The molecule has 2 aliphatic heterocycles. The number of piperidine rings is 1. The van der Waals surface area contributed by atoms with Gasteiger partial charge in [0.25, 0.3) is 0 Å². The van der Waals surface area contributed by atoms with Crippen molar-refractivity contribution in [3.8, 4) is 0 Å². The highest BCUT2D eigenvalue weighted by molar-refractivity contribution is 14.0. The molecule has 0 spiro atoms. The van der Waals surface area contributed by atoms with Gasteiger partial charge in [0.1, 0.15) is 0 Å². The lowest BCUT2D eigenvalue weighted by Gasteiger charge is -2.29. The van der Waals surface area contributed by atoms with Crippen LogP contribution in [0.5, 0.6) is 0 Å². The largest absolute Gasteiger partial charge is 0.370 e. The van der Waals surface area contributed by atoms with E-state index in [1.165, 1.54) is 51.6 Å². The molecule has 19 heavy (non-hydrogen) atoms. The molecule has 4 nitrogen and oxygen atoms in total. The summed E-state index contributed by atoms with van der Waals surface area (Å²) in [5.74, 6) is 0.771.